The standard InChI is InChI=1S/C66H83BN2O/c1-38-29-40(59(3,4)5)21-22-50(38)68-52-36-47-45(63(13,14)25-27-65(47,17)18)34-49(52)67-56-53(68)31-41(60(6,7)8)32-54(56)69(51-35-46-43(30-39(51)2)61(9,10)23-26-64(46,15)16)57-42-33-44-48(37-55(42)70-58(57)67)66(19,20)28-24-62(44,11)12/h21-22,29-37H,23-28H2,1-20H3. The van der Waals surface area contributed by atoms with Crippen molar-refractivity contribution in [1.82, 2.24) is 0 Å². The predicted octanol–water partition coefficient (Wildman–Crippen LogP) is 16.8. The topological polar surface area (TPSA) is 19.6 Å². The fourth-order valence-corrected chi connectivity index (χ4v) is 13.9. The van der Waals surface area contributed by atoms with Crippen LogP contribution in [0.25, 0.3) is 11.0 Å². The highest BCUT2D eigenvalue weighted by atomic mass is 16.3. The minimum absolute atomic E-state index is 0.0304. The van der Waals surface area contributed by atoms with E-state index in [9.17, 15) is 0 Å². The highest BCUT2D eigenvalue weighted by Crippen LogP contribution is 2.56. The lowest BCUT2D eigenvalue weighted by Crippen LogP contribution is -2.61. The summed E-state index contributed by atoms with van der Waals surface area (Å²) in [5.74, 6) is 0. The number of rotatable bonds is 2. The molecule has 0 amide bonds. The molecule has 4 heteroatoms. The first-order chi connectivity index (χ1) is 32.2. The molecule has 0 fully saturated rings. The van der Waals surface area contributed by atoms with E-state index < -0.39 is 0 Å². The van der Waals surface area contributed by atoms with Crippen molar-refractivity contribution in [2.75, 3.05) is 9.80 Å². The number of anilines is 6. The maximum absolute atomic E-state index is 7.79. The second kappa shape index (κ2) is 14.5. The molecule has 0 bridgehead atoms. The van der Waals surface area contributed by atoms with E-state index in [0.717, 1.165) is 36.9 Å². The van der Waals surface area contributed by atoms with E-state index in [0.29, 0.717) is 0 Å². The van der Waals surface area contributed by atoms with Crippen LogP contribution in [0.15, 0.2) is 71.1 Å². The Bertz CT molecular complexity index is 3220. The molecule has 0 saturated carbocycles. The molecule has 2 aliphatic heterocycles. The van der Waals surface area contributed by atoms with Gasteiger partial charge in [-0.15, -0.1) is 0 Å². The molecule has 0 N–H and O–H groups in total. The van der Waals surface area contributed by atoms with Crippen LogP contribution in [-0.2, 0) is 43.3 Å². The van der Waals surface area contributed by atoms with Gasteiger partial charge in [-0.05, 0) is 205 Å². The van der Waals surface area contributed by atoms with Gasteiger partial charge in [0.1, 0.15) is 5.58 Å². The maximum atomic E-state index is 7.79. The van der Waals surface area contributed by atoms with Crippen LogP contribution < -0.4 is 26.4 Å². The summed E-state index contributed by atoms with van der Waals surface area (Å²) in [5, 5.41) is 1.24. The zero-order chi connectivity index (χ0) is 50.6. The summed E-state index contributed by atoms with van der Waals surface area (Å²) >= 11 is 0. The first-order valence-corrected chi connectivity index (χ1v) is 27.1. The van der Waals surface area contributed by atoms with Crippen molar-refractivity contribution in [3.05, 3.63) is 122 Å². The quantitative estimate of drug-likeness (QED) is 0.161. The van der Waals surface area contributed by atoms with Crippen LogP contribution >= 0.6 is 0 Å². The lowest BCUT2D eigenvalue weighted by atomic mass is 9.35. The van der Waals surface area contributed by atoms with Crippen LogP contribution in [-0.4, -0.2) is 6.71 Å². The molecule has 3 heterocycles. The van der Waals surface area contributed by atoms with E-state index >= 15 is 0 Å². The number of hydrogen-bond donors (Lipinski definition) is 0. The van der Waals surface area contributed by atoms with Gasteiger partial charge in [0.15, 0.2) is 0 Å². The van der Waals surface area contributed by atoms with Crippen molar-refractivity contribution < 1.29 is 4.42 Å². The molecule has 0 atom stereocenters. The van der Waals surface area contributed by atoms with Crippen molar-refractivity contribution >= 4 is 68.4 Å². The average Bonchev–Trinajstić information content (AvgIpc) is 3.63. The number of furan rings is 1. The molecule has 70 heavy (non-hydrogen) atoms. The Morgan fingerprint density at radius 1 is 0.429 bits per heavy atom. The van der Waals surface area contributed by atoms with Crippen LogP contribution in [0.4, 0.5) is 34.1 Å². The highest BCUT2D eigenvalue weighted by molar-refractivity contribution is 7.00. The lowest BCUT2D eigenvalue weighted by molar-refractivity contribution is 0.332. The summed E-state index contributed by atoms with van der Waals surface area (Å²) < 4.78 is 7.79. The van der Waals surface area contributed by atoms with Gasteiger partial charge in [0.2, 0.25) is 0 Å². The molecule has 1 aromatic heterocycles. The molecule has 0 unspecified atom stereocenters. The Morgan fingerprint density at radius 3 is 1.36 bits per heavy atom. The Morgan fingerprint density at radius 2 is 0.857 bits per heavy atom. The maximum Gasteiger partial charge on any atom is 0.297 e. The monoisotopic (exact) mass is 931 g/mol. The van der Waals surface area contributed by atoms with Crippen LogP contribution in [0.2, 0.25) is 0 Å². The number of fused-ring (bicyclic) bond motifs is 9. The molecule has 3 aliphatic carbocycles. The number of hydrogen-bond acceptors (Lipinski definition) is 3. The van der Waals surface area contributed by atoms with E-state index in [-0.39, 0.29) is 50.0 Å². The molecular weight excluding hydrogens is 848 g/mol. The van der Waals surface area contributed by atoms with Gasteiger partial charge < -0.3 is 14.2 Å². The minimum atomic E-state index is -0.129. The van der Waals surface area contributed by atoms with E-state index in [1.807, 2.05) is 0 Å². The number of nitrogens with zero attached hydrogens (tertiary/aromatic N) is 2. The average molecular weight is 931 g/mol. The molecule has 5 aliphatic rings. The van der Waals surface area contributed by atoms with E-state index in [1.165, 1.54) is 119 Å². The molecule has 0 radical (unpaired) electrons. The summed E-state index contributed by atoms with van der Waals surface area (Å²) in [4.78, 5) is 5.41. The van der Waals surface area contributed by atoms with Gasteiger partial charge in [0.05, 0.1) is 11.3 Å². The smallest absolute Gasteiger partial charge is 0.297 e. The molecule has 0 saturated heterocycles. The molecular formula is C66H83BN2O. The van der Waals surface area contributed by atoms with Gasteiger partial charge in [0, 0.05) is 33.8 Å². The largest absolute Gasteiger partial charge is 0.468 e. The Labute approximate surface area is 423 Å². The summed E-state index contributed by atoms with van der Waals surface area (Å²) in [6, 6.07) is 28.0. The van der Waals surface area contributed by atoms with E-state index in [1.54, 1.807) is 0 Å². The Kier molecular flexibility index (Phi) is 9.87. The van der Waals surface area contributed by atoms with Crippen molar-refractivity contribution in [3.63, 3.8) is 0 Å². The number of benzene rings is 5. The minimum Gasteiger partial charge on any atom is -0.468 e. The first kappa shape index (κ1) is 47.6. The van der Waals surface area contributed by atoms with Gasteiger partial charge in [-0.1, -0.05) is 149 Å². The van der Waals surface area contributed by atoms with Crippen LogP contribution in [0.3, 0.4) is 0 Å². The predicted molar refractivity (Wildman–Crippen MR) is 303 cm³/mol. The molecule has 3 nitrogen and oxygen atoms in total. The zero-order valence-corrected chi connectivity index (χ0v) is 47.0. The van der Waals surface area contributed by atoms with Crippen molar-refractivity contribution in [1.29, 1.82) is 0 Å². The van der Waals surface area contributed by atoms with Gasteiger partial charge in [-0.2, -0.15) is 0 Å². The third-order valence-corrected chi connectivity index (χ3v) is 19.2. The van der Waals surface area contributed by atoms with E-state index in [2.05, 4.69) is 215 Å². The second-order valence-corrected chi connectivity index (χ2v) is 29.2. The van der Waals surface area contributed by atoms with Crippen molar-refractivity contribution in [2.24, 2.45) is 0 Å². The fourth-order valence-electron chi connectivity index (χ4n) is 13.9. The SMILES string of the molecule is Cc1cc(C(C)(C)C)ccc1N1c2cc3c(cc2B2c4oc5cc6c(cc5c4N(c4cc5c(cc4C)C(C)(C)CCC5(C)C)c4cc(C(C)(C)C)cc1c42)C(C)(C)CCC6(C)C)C(C)(C)CCC3(C)C. The van der Waals surface area contributed by atoms with Crippen LogP contribution in [0.5, 0.6) is 0 Å². The van der Waals surface area contributed by atoms with Crippen molar-refractivity contribution in [2.45, 2.75) is 220 Å². The molecule has 6 aromatic rings. The molecule has 5 aromatic carbocycles. The van der Waals surface area contributed by atoms with Gasteiger partial charge in [-0.25, -0.2) is 0 Å². The van der Waals surface area contributed by atoms with E-state index in [4.69, 9.17) is 4.42 Å². The Hall–Kier alpha value is -4.70. The highest BCUT2D eigenvalue weighted by Gasteiger charge is 2.51. The normalized spacial score (nSPS) is 20.8. The van der Waals surface area contributed by atoms with Crippen LogP contribution in [0, 0.1) is 13.8 Å². The lowest BCUT2D eigenvalue weighted by Gasteiger charge is -2.47. The summed E-state index contributed by atoms with van der Waals surface area (Å²) in [5.41, 5.74) is 26.8. The third kappa shape index (κ3) is 6.86. The van der Waals surface area contributed by atoms with Gasteiger partial charge >= 0.3 is 0 Å². The van der Waals surface area contributed by atoms with Gasteiger partial charge in [-0.3, -0.25) is 0 Å². The fraction of sp³-hybridized carbons (Fsp3) is 0.515. The summed E-state index contributed by atoms with van der Waals surface area (Å²) in [6.45, 7) is 48.5. The zero-order valence-electron chi connectivity index (χ0n) is 47.0. The van der Waals surface area contributed by atoms with Gasteiger partial charge in [0.25, 0.3) is 6.71 Å². The molecule has 366 valence electrons. The van der Waals surface area contributed by atoms with Crippen LogP contribution in [0.1, 0.15) is 219 Å². The first-order valence-electron chi connectivity index (χ1n) is 27.1. The second-order valence-electron chi connectivity index (χ2n) is 29.2. The summed E-state index contributed by atoms with van der Waals surface area (Å²) in [6.07, 6.45) is 7.01. The molecule has 0 spiro atoms. The van der Waals surface area contributed by atoms with Crippen molar-refractivity contribution in [3.8, 4) is 0 Å². The Balaban J connectivity index is 1.33. The summed E-state index contributed by atoms with van der Waals surface area (Å²) in [7, 11) is 0. The number of aryl methyl sites for hydroxylation is 2. The third-order valence-electron chi connectivity index (χ3n) is 19.2. The molecule has 11 rings (SSSR count).